The topological polar surface area (TPSA) is 30.0 Å². The van der Waals surface area contributed by atoms with Crippen LogP contribution in [0.3, 0.4) is 0 Å². The van der Waals surface area contributed by atoms with Crippen molar-refractivity contribution in [1.29, 1.82) is 0 Å². The molecule has 1 fully saturated rings. The zero-order chi connectivity index (χ0) is 9.10. The van der Waals surface area contributed by atoms with Gasteiger partial charge in [0.1, 0.15) is 5.94 Å². The molecule has 0 radical (unpaired) electrons. The van der Waals surface area contributed by atoms with Crippen molar-refractivity contribution >= 4 is 5.94 Å². The van der Waals surface area contributed by atoms with E-state index in [2.05, 4.69) is 10.9 Å². The summed E-state index contributed by atoms with van der Waals surface area (Å²) in [4.78, 5) is 14.7. The number of nitrogens with zero attached hydrogens (tertiary/aromatic N) is 1. The summed E-state index contributed by atoms with van der Waals surface area (Å²) in [6.07, 6.45) is 6.67. The van der Waals surface area contributed by atoms with Crippen molar-refractivity contribution in [2.45, 2.75) is 25.2 Å². The lowest BCUT2D eigenvalue weighted by atomic mass is 9.96. The van der Waals surface area contributed by atoms with E-state index in [1.165, 1.54) is 0 Å². The Morgan fingerprint density at radius 3 is 3.15 bits per heavy atom. The van der Waals surface area contributed by atoms with Crippen LogP contribution < -0.4 is 0 Å². The fourth-order valence-electron chi connectivity index (χ4n) is 1.92. The summed E-state index contributed by atoms with van der Waals surface area (Å²) in [5.41, 5.74) is 2.06. The molecule has 0 aromatic carbocycles. The van der Waals surface area contributed by atoms with Crippen molar-refractivity contribution in [2.75, 3.05) is 0 Å². The molecular weight excluding hydrogens is 162 g/mol. The zero-order valence-corrected chi connectivity index (χ0v) is 7.36. The molecule has 0 N–H and O–H groups in total. The summed E-state index contributed by atoms with van der Waals surface area (Å²) in [6.45, 7) is 0. The highest BCUT2D eigenvalue weighted by Gasteiger charge is 2.23. The average molecular weight is 173 g/mol. The van der Waals surface area contributed by atoms with Crippen LogP contribution in [0.15, 0.2) is 30.1 Å². The number of aromatic nitrogens is 1. The largest absolute Gasteiger partial charge is 0.264 e. The molecule has 2 heteroatoms. The third-order valence-electron chi connectivity index (χ3n) is 2.58. The van der Waals surface area contributed by atoms with Crippen LogP contribution in [-0.4, -0.2) is 10.9 Å². The number of carbonyl (C=O) groups excluding carboxylic acids is 1. The Kier molecular flexibility index (Phi) is 2.24. The number of pyridine rings is 1. The molecule has 13 heavy (non-hydrogen) atoms. The minimum Gasteiger partial charge on any atom is -0.264 e. The molecule has 1 atom stereocenters. The van der Waals surface area contributed by atoms with Crippen molar-refractivity contribution < 1.29 is 4.79 Å². The van der Waals surface area contributed by atoms with E-state index in [4.69, 9.17) is 0 Å². The second kappa shape index (κ2) is 3.55. The van der Waals surface area contributed by atoms with Gasteiger partial charge in [0.25, 0.3) is 0 Å². The van der Waals surface area contributed by atoms with Gasteiger partial charge in [0, 0.05) is 23.9 Å². The first kappa shape index (κ1) is 8.21. The predicted molar refractivity (Wildman–Crippen MR) is 50.0 cm³/mol. The van der Waals surface area contributed by atoms with E-state index in [-0.39, 0.29) is 5.92 Å². The van der Waals surface area contributed by atoms with Crippen molar-refractivity contribution in [1.82, 2.24) is 4.98 Å². The van der Waals surface area contributed by atoms with Gasteiger partial charge in [0.15, 0.2) is 0 Å². The molecule has 0 saturated heterocycles. The third kappa shape index (κ3) is 1.53. The van der Waals surface area contributed by atoms with Crippen molar-refractivity contribution in [3.8, 4) is 0 Å². The maximum Gasteiger partial charge on any atom is 0.124 e. The highest BCUT2D eigenvalue weighted by molar-refractivity contribution is 5.57. The maximum absolute atomic E-state index is 10.6. The molecule has 1 aliphatic rings. The smallest absolute Gasteiger partial charge is 0.124 e. The highest BCUT2D eigenvalue weighted by Crippen LogP contribution is 2.36. The summed E-state index contributed by atoms with van der Waals surface area (Å²) in [5, 5.41) is 0. The van der Waals surface area contributed by atoms with Crippen LogP contribution in [-0.2, 0) is 4.79 Å². The van der Waals surface area contributed by atoms with E-state index in [0.29, 0.717) is 0 Å². The van der Waals surface area contributed by atoms with Gasteiger partial charge in [0.2, 0.25) is 0 Å². The SMILES string of the molecule is O=C=C1CCCC1c1cccnc1. The van der Waals surface area contributed by atoms with Crippen LogP contribution in [0.4, 0.5) is 0 Å². The van der Waals surface area contributed by atoms with Crippen LogP contribution in [0.5, 0.6) is 0 Å². The first-order valence-electron chi connectivity index (χ1n) is 4.55. The summed E-state index contributed by atoms with van der Waals surface area (Å²) >= 11 is 0. The minimum atomic E-state index is 0.284. The first-order valence-corrected chi connectivity index (χ1v) is 4.55. The van der Waals surface area contributed by atoms with Gasteiger partial charge in [-0.1, -0.05) is 6.07 Å². The van der Waals surface area contributed by atoms with Crippen molar-refractivity contribution in [3.63, 3.8) is 0 Å². The molecule has 1 aromatic rings. The standard InChI is InChI=1S/C11H11NO/c13-8-10-3-1-5-11(10)9-4-2-6-12-7-9/h2,4,6-7,11H,1,3,5H2. The van der Waals surface area contributed by atoms with E-state index in [1.807, 2.05) is 18.3 Å². The highest BCUT2D eigenvalue weighted by atomic mass is 16.1. The van der Waals surface area contributed by atoms with Crippen LogP contribution in [0.25, 0.3) is 0 Å². The molecule has 1 unspecified atom stereocenters. The van der Waals surface area contributed by atoms with Gasteiger partial charge < -0.3 is 0 Å². The molecule has 66 valence electrons. The van der Waals surface area contributed by atoms with Gasteiger partial charge in [0.05, 0.1) is 0 Å². The predicted octanol–water partition coefficient (Wildman–Crippen LogP) is 2.11. The molecule has 0 bridgehead atoms. The maximum atomic E-state index is 10.6. The summed E-state index contributed by atoms with van der Waals surface area (Å²) < 4.78 is 0. The molecule has 1 saturated carbocycles. The Bertz CT molecular complexity index is 338. The van der Waals surface area contributed by atoms with Crippen molar-refractivity contribution in [3.05, 3.63) is 35.7 Å². The van der Waals surface area contributed by atoms with Crippen LogP contribution in [0.1, 0.15) is 30.7 Å². The quantitative estimate of drug-likeness (QED) is 0.609. The average Bonchev–Trinajstić information content (AvgIpc) is 2.67. The Labute approximate surface area is 77.3 Å². The number of hydrogen-bond donors (Lipinski definition) is 0. The first-order chi connectivity index (χ1) is 6.42. The Hall–Kier alpha value is -1.40. The number of allylic oxidation sites excluding steroid dienone is 1. The van der Waals surface area contributed by atoms with Gasteiger partial charge >= 0.3 is 0 Å². The molecular formula is C11H11NO. The van der Waals surface area contributed by atoms with Gasteiger partial charge in [-0.25, -0.2) is 4.79 Å². The number of rotatable bonds is 1. The summed E-state index contributed by atoms with van der Waals surface area (Å²) in [6, 6.07) is 3.94. The normalized spacial score (nSPS) is 21.5. The Morgan fingerprint density at radius 2 is 2.46 bits per heavy atom. The van der Waals surface area contributed by atoms with Crippen LogP contribution in [0, 0.1) is 0 Å². The lowest BCUT2D eigenvalue weighted by Gasteiger charge is -2.07. The number of hydrogen-bond acceptors (Lipinski definition) is 2. The molecule has 2 rings (SSSR count). The Balaban J connectivity index is 2.32. The van der Waals surface area contributed by atoms with Gasteiger partial charge in [-0.15, -0.1) is 0 Å². The summed E-state index contributed by atoms with van der Waals surface area (Å²) in [7, 11) is 0. The molecule has 0 spiro atoms. The monoisotopic (exact) mass is 173 g/mol. The van der Waals surface area contributed by atoms with Crippen molar-refractivity contribution in [2.24, 2.45) is 0 Å². The van der Waals surface area contributed by atoms with E-state index in [1.54, 1.807) is 6.20 Å². The molecule has 0 amide bonds. The molecule has 1 aliphatic carbocycles. The van der Waals surface area contributed by atoms with Gasteiger partial charge in [-0.3, -0.25) is 4.98 Å². The molecule has 1 aromatic heterocycles. The minimum absolute atomic E-state index is 0.284. The van der Waals surface area contributed by atoms with Crippen LogP contribution in [0.2, 0.25) is 0 Å². The fourth-order valence-corrected chi connectivity index (χ4v) is 1.92. The molecule has 0 aliphatic heterocycles. The zero-order valence-electron chi connectivity index (χ0n) is 7.36. The Morgan fingerprint density at radius 1 is 1.54 bits per heavy atom. The van der Waals surface area contributed by atoms with E-state index in [9.17, 15) is 4.79 Å². The lowest BCUT2D eigenvalue weighted by Crippen LogP contribution is -1.96. The van der Waals surface area contributed by atoms with E-state index >= 15 is 0 Å². The second-order valence-electron chi connectivity index (χ2n) is 3.36. The fraction of sp³-hybridized carbons (Fsp3) is 0.364. The summed E-state index contributed by atoms with van der Waals surface area (Å²) in [5.74, 6) is 2.33. The van der Waals surface area contributed by atoms with E-state index < -0.39 is 0 Å². The van der Waals surface area contributed by atoms with E-state index in [0.717, 1.165) is 30.4 Å². The van der Waals surface area contributed by atoms with Gasteiger partial charge in [-0.05, 0) is 30.9 Å². The van der Waals surface area contributed by atoms with Crippen LogP contribution >= 0.6 is 0 Å². The van der Waals surface area contributed by atoms with Gasteiger partial charge in [-0.2, -0.15) is 0 Å². The molecule has 1 heterocycles. The molecule has 2 nitrogen and oxygen atoms in total. The lowest BCUT2D eigenvalue weighted by molar-refractivity contribution is 0.565. The second-order valence-corrected chi connectivity index (χ2v) is 3.36. The third-order valence-corrected chi connectivity index (χ3v) is 2.58.